The van der Waals surface area contributed by atoms with E-state index in [4.69, 9.17) is 4.98 Å². The van der Waals surface area contributed by atoms with Gasteiger partial charge in [0.1, 0.15) is 11.5 Å². The number of nitrogens with one attached hydrogen (secondary N) is 1. The van der Waals surface area contributed by atoms with Crippen molar-refractivity contribution in [2.45, 2.75) is 53.0 Å². The summed E-state index contributed by atoms with van der Waals surface area (Å²) in [6.07, 6.45) is 7.15. The first-order chi connectivity index (χ1) is 13.2. The molecule has 0 bridgehead atoms. The van der Waals surface area contributed by atoms with Crippen LogP contribution in [0.25, 0.3) is 16.7 Å². The molecule has 3 heterocycles. The van der Waals surface area contributed by atoms with Crippen molar-refractivity contribution in [3.05, 3.63) is 53.9 Å². The Hall–Kier alpha value is -2.82. The molecule has 27 heavy (non-hydrogen) atoms. The summed E-state index contributed by atoms with van der Waals surface area (Å²) in [4.78, 5) is 4.86. The van der Waals surface area contributed by atoms with Crippen LogP contribution in [0.15, 0.2) is 42.7 Å². The quantitative estimate of drug-likeness (QED) is 0.482. The number of rotatable bonds is 6. The molecule has 0 aliphatic heterocycles. The second kappa shape index (κ2) is 7.06. The van der Waals surface area contributed by atoms with E-state index in [0.29, 0.717) is 6.04 Å². The van der Waals surface area contributed by atoms with Crippen molar-refractivity contribution < 1.29 is 0 Å². The minimum Gasteiger partial charge on any atom is -0.339 e. The number of nitrogens with zero attached hydrogens (tertiary/aromatic N) is 4. The Balaban J connectivity index is 1.91. The SMILES string of the molecule is CCc1cc(C)ccc1Nc1nc2ccnn2c2c1ccn2C(CC)CC. The maximum Gasteiger partial charge on any atom is 0.159 e. The summed E-state index contributed by atoms with van der Waals surface area (Å²) in [5.41, 5.74) is 5.67. The summed E-state index contributed by atoms with van der Waals surface area (Å²) in [5, 5.41) is 9.23. The molecular weight excluding hydrogens is 334 g/mol. The molecule has 1 aromatic carbocycles. The Kier molecular flexibility index (Phi) is 4.60. The summed E-state index contributed by atoms with van der Waals surface area (Å²) in [7, 11) is 0. The van der Waals surface area contributed by atoms with Crippen LogP contribution < -0.4 is 5.32 Å². The van der Waals surface area contributed by atoms with E-state index in [1.165, 1.54) is 11.1 Å². The highest BCUT2D eigenvalue weighted by Gasteiger charge is 2.17. The molecule has 0 unspecified atom stereocenters. The second-order valence-electron chi connectivity index (χ2n) is 7.13. The van der Waals surface area contributed by atoms with Gasteiger partial charge in [-0.3, -0.25) is 0 Å². The van der Waals surface area contributed by atoms with E-state index in [1.54, 1.807) is 0 Å². The minimum absolute atomic E-state index is 0.454. The summed E-state index contributed by atoms with van der Waals surface area (Å²) in [6.45, 7) is 8.79. The number of fused-ring (bicyclic) bond motifs is 3. The molecule has 0 aliphatic carbocycles. The monoisotopic (exact) mass is 361 g/mol. The molecule has 3 aromatic heterocycles. The molecule has 0 fully saturated rings. The Labute approximate surface area is 160 Å². The molecule has 1 N–H and O–H groups in total. The Morgan fingerprint density at radius 2 is 1.89 bits per heavy atom. The van der Waals surface area contributed by atoms with E-state index in [0.717, 1.165) is 47.4 Å². The van der Waals surface area contributed by atoms with E-state index in [1.807, 2.05) is 16.8 Å². The lowest BCUT2D eigenvalue weighted by molar-refractivity contribution is 0.481. The highest BCUT2D eigenvalue weighted by atomic mass is 15.3. The zero-order valence-electron chi connectivity index (χ0n) is 16.5. The highest BCUT2D eigenvalue weighted by molar-refractivity contribution is 5.92. The van der Waals surface area contributed by atoms with Gasteiger partial charge in [0.15, 0.2) is 5.65 Å². The summed E-state index contributed by atoms with van der Waals surface area (Å²) < 4.78 is 4.30. The molecule has 140 valence electrons. The van der Waals surface area contributed by atoms with Crippen LogP contribution in [-0.2, 0) is 6.42 Å². The molecule has 0 atom stereocenters. The maximum absolute atomic E-state index is 4.86. The van der Waals surface area contributed by atoms with Crippen LogP contribution in [0.2, 0.25) is 0 Å². The van der Waals surface area contributed by atoms with Gasteiger partial charge in [-0.1, -0.05) is 38.5 Å². The third-order valence-electron chi connectivity index (χ3n) is 5.42. The predicted octanol–water partition coefficient (Wildman–Crippen LogP) is 5.66. The van der Waals surface area contributed by atoms with Crippen LogP contribution in [0.5, 0.6) is 0 Å². The first kappa shape index (κ1) is 17.6. The third kappa shape index (κ3) is 2.97. The average Bonchev–Trinajstić information content (AvgIpc) is 3.31. The third-order valence-corrected chi connectivity index (χ3v) is 5.42. The van der Waals surface area contributed by atoms with E-state index in [-0.39, 0.29) is 0 Å². The summed E-state index contributed by atoms with van der Waals surface area (Å²) >= 11 is 0. The molecule has 5 nitrogen and oxygen atoms in total. The lowest BCUT2D eigenvalue weighted by Gasteiger charge is -2.18. The Morgan fingerprint density at radius 3 is 2.63 bits per heavy atom. The zero-order valence-corrected chi connectivity index (χ0v) is 16.5. The average molecular weight is 361 g/mol. The van der Waals surface area contributed by atoms with Crippen molar-refractivity contribution in [3.8, 4) is 0 Å². The second-order valence-corrected chi connectivity index (χ2v) is 7.13. The number of aromatic nitrogens is 4. The van der Waals surface area contributed by atoms with Gasteiger partial charge < -0.3 is 9.88 Å². The van der Waals surface area contributed by atoms with Gasteiger partial charge in [-0.05, 0) is 43.9 Å². The van der Waals surface area contributed by atoms with Gasteiger partial charge in [0, 0.05) is 24.0 Å². The van der Waals surface area contributed by atoms with Gasteiger partial charge >= 0.3 is 0 Å². The molecule has 0 spiro atoms. The standard InChI is InChI=1S/C22H27N5/c1-5-16-14-15(4)8-9-19(16)24-21-18-11-13-26(17(6-2)7-3)22(18)27-20(25-21)10-12-23-27/h8-14,17H,5-7H2,1-4H3,(H,24,25). The van der Waals surface area contributed by atoms with Gasteiger partial charge in [0.25, 0.3) is 0 Å². The van der Waals surface area contributed by atoms with Crippen LogP contribution in [0.4, 0.5) is 11.5 Å². The molecular formula is C22H27N5. The molecule has 5 heteroatoms. The van der Waals surface area contributed by atoms with E-state index >= 15 is 0 Å². The molecule has 0 saturated carbocycles. The lowest BCUT2D eigenvalue weighted by atomic mass is 10.1. The van der Waals surface area contributed by atoms with Crippen molar-refractivity contribution in [2.75, 3.05) is 5.32 Å². The van der Waals surface area contributed by atoms with E-state index in [2.05, 4.69) is 73.1 Å². The van der Waals surface area contributed by atoms with Gasteiger partial charge in [-0.15, -0.1) is 0 Å². The summed E-state index contributed by atoms with van der Waals surface area (Å²) in [5.74, 6) is 0.890. The first-order valence-corrected chi connectivity index (χ1v) is 9.87. The van der Waals surface area contributed by atoms with Gasteiger partial charge in [0.05, 0.1) is 11.6 Å². The topological polar surface area (TPSA) is 47.1 Å². The Morgan fingerprint density at radius 1 is 1.07 bits per heavy atom. The number of hydrogen-bond donors (Lipinski definition) is 1. The summed E-state index contributed by atoms with van der Waals surface area (Å²) in [6, 6.07) is 11.1. The van der Waals surface area contributed by atoms with Crippen molar-refractivity contribution in [1.82, 2.24) is 19.2 Å². The van der Waals surface area contributed by atoms with Crippen molar-refractivity contribution in [3.63, 3.8) is 0 Å². The molecule has 0 radical (unpaired) electrons. The number of aryl methyl sites for hydroxylation is 2. The highest BCUT2D eigenvalue weighted by Crippen LogP contribution is 2.31. The minimum atomic E-state index is 0.454. The normalized spacial score (nSPS) is 11.7. The molecule has 0 saturated heterocycles. The van der Waals surface area contributed by atoms with E-state index in [9.17, 15) is 0 Å². The predicted molar refractivity (Wildman–Crippen MR) is 112 cm³/mol. The van der Waals surface area contributed by atoms with Crippen LogP contribution >= 0.6 is 0 Å². The maximum atomic E-state index is 4.86. The van der Waals surface area contributed by atoms with Crippen LogP contribution in [0.3, 0.4) is 0 Å². The van der Waals surface area contributed by atoms with Crippen molar-refractivity contribution in [2.24, 2.45) is 0 Å². The van der Waals surface area contributed by atoms with Gasteiger partial charge in [-0.2, -0.15) is 9.61 Å². The molecule has 0 aliphatic rings. The molecule has 4 aromatic rings. The van der Waals surface area contributed by atoms with Crippen molar-refractivity contribution in [1.29, 1.82) is 0 Å². The van der Waals surface area contributed by atoms with Gasteiger partial charge in [-0.25, -0.2) is 4.98 Å². The fraction of sp³-hybridized carbons (Fsp3) is 0.364. The van der Waals surface area contributed by atoms with Crippen LogP contribution in [0, 0.1) is 6.92 Å². The number of hydrogen-bond acceptors (Lipinski definition) is 3. The fourth-order valence-corrected chi connectivity index (χ4v) is 3.90. The number of anilines is 2. The van der Waals surface area contributed by atoms with Crippen LogP contribution in [-0.4, -0.2) is 19.2 Å². The first-order valence-electron chi connectivity index (χ1n) is 9.87. The molecule has 4 rings (SSSR count). The van der Waals surface area contributed by atoms with Crippen LogP contribution in [0.1, 0.15) is 50.8 Å². The number of benzene rings is 1. The van der Waals surface area contributed by atoms with Gasteiger partial charge in [0.2, 0.25) is 0 Å². The zero-order chi connectivity index (χ0) is 19.0. The van der Waals surface area contributed by atoms with E-state index < -0.39 is 0 Å². The smallest absolute Gasteiger partial charge is 0.159 e. The fourth-order valence-electron chi connectivity index (χ4n) is 3.90. The lowest BCUT2D eigenvalue weighted by Crippen LogP contribution is -2.09. The largest absolute Gasteiger partial charge is 0.339 e. The Bertz CT molecular complexity index is 1080. The van der Waals surface area contributed by atoms with Crippen molar-refractivity contribution >= 4 is 28.2 Å². The molecule has 0 amide bonds.